The first kappa shape index (κ1) is 19.1. The SMILES string of the molecule is CCOC(=O)c1nn(CC(=O)N2CCC(c3cccc(C)c3C)CC2)c2c1[C@@H]1C3C2[C@@H]31. The monoisotopic (exact) mass is 419 g/mol. The Balaban J connectivity index is 1.15. The number of carbonyl (C=O) groups excluding carboxylic acids is 2. The average Bonchev–Trinajstić information content (AvgIpc) is 3.53. The van der Waals surface area contributed by atoms with Gasteiger partial charge in [0.25, 0.3) is 0 Å². The number of amides is 1. The maximum absolute atomic E-state index is 13.1. The number of nitrogens with zero attached hydrogens (tertiary/aromatic N) is 3. The van der Waals surface area contributed by atoms with Gasteiger partial charge in [0, 0.05) is 30.3 Å². The van der Waals surface area contributed by atoms with Gasteiger partial charge in [0.15, 0.2) is 5.69 Å². The van der Waals surface area contributed by atoms with E-state index in [4.69, 9.17) is 4.74 Å². The second-order valence-electron chi connectivity index (χ2n) is 9.68. The summed E-state index contributed by atoms with van der Waals surface area (Å²) in [6.45, 7) is 8.32. The molecule has 162 valence electrons. The number of carbonyl (C=O) groups is 2. The average molecular weight is 420 g/mol. The highest BCUT2D eigenvalue weighted by Gasteiger charge is 2.81. The van der Waals surface area contributed by atoms with Gasteiger partial charge in [-0.15, -0.1) is 0 Å². The molecule has 1 aliphatic heterocycles. The summed E-state index contributed by atoms with van der Waals surface area (Å²) in [5, 5.41) is 4.56. The van der Waals surface area contributed by atoms with Crippen LogP contribution in [0.1, 0.15) is 76.0 Å². The van der Waals surface area contributed by atoms with Crippen LogP contribution in [0, 0.1) is 25.7 Å². The van der Waals surface area contributed by atoms with Gasteiger partial charge >= 0.3 is 5.97 Å². The molecule has 0 radical (unpaired) electrons. The van der Waals surface area contributed by atoms with Gasteiger partial charge in [-0.1, -0.05) is 18.2 Å². The molecule has 1 aromatic heterocycles. The van der Waals surface area contributed by atoms with Gasteiger partial charge in [0.05, 0.1) is 6.61 Å². The number of hydrogen-bond donors (Lipinski definition) is 0. The zero-order valence-corrected chi connectivity index (χ0v) is 18.4. The van der Waals surface area contributed by atoms with E-state index in [9.17, 15) is 9.59 Å². The number of aryl methyl sites for hydroxylation is 1. The van der Waals surface area contributed by atoms with Crippen molar-refractivity contribution in [3.8, 4) is 0 Å². The molecular formula is C25H29N3O3. The minimum Gasteiger partial charge on any atom is -0.461 e. The highest BCUT2D eigenvalue weighted by atomic mass is 16.5. The summed E-state index contributed by atoms with van der Waals surface area (Å²) in [5.74, 6) is 2.72. The number of ether oxygens (including phenoxy) is 1. The topological polar surface area (TPSA) is 64.4 Å². The van der Waals surface area contributed by atoms with E-state index in [0.717, 1.165) is 37.2 Å². The lowest BCUT2D eigenvalue weighted by Gasteiger charge is -2.33. The predicted octanol–water partition coefficient (Wildman–Crippen LogP) is 3.52. The molecule has 31 heavy (non-hydrogen) atoms. The van der Waals surface area contributed by atoms with Crippen molar-refractivity contribution in [2.45, 2.75) is 57.9 Å². The Morgan fingerprint density at radius 3 is 2.58 bits per heavy atom. The Hall–Kier alpha value is -2.63. The molecule has 0 spiro atoms. The van der Waals surface area contributed by atoms with E-state index >= 15 is 0 Å². The number of benzene rings is 1. The van der Waals surface area contributed by atoms with Crippen molar-refractivity contribution in [3.05, 3.63) is 51.8 Å². The first-order valence-electron chi connectivity index (χ1n) is 11.6. The van der Waals surface area contributed by atoms with Crippen LogP contribution in [0.25, 0.3) is 0 Å². The lowest BCUT2D eigenvalue weighted by atomic mass is 9.85. The molecule has 1 amide bonds. The van der Waals surface area contributed by atoms with Crippen LogP contribution in [0.5, 0.6) is 0 Å². The Kier molecular flexibility index (Phi) is 4.11. The molecule has 2 heterocycles. The van der Waals surface area contributed by atoms with Crippen LogP contribution in [0.4, 0.5) is 0 Å². The normalized spacial score (nSPS) is 27.6. The van der Waals surface area contributed by atoms with E-state index in [1.807, 2.05) is 16.5 Å². The minimum absolute atomic E-state index is 0.110. The number of hydrogen-bond acceptors (Lipinski definition) is 4. The fraction of sp³-hybridized carbons (Fsp3) is 0.560. The quantitative estimate of drug-likeness (QED) is 0.696. The van der Waals surface area contributed by atoms with Gasteiger partial charge < -0.3 is 9.64 Å². The summed E-state index contributed by atoms with van der Waals surface area (Å²) in [7, 11) is 0. The van der Waals surface area contributed by atoms with Crippen molar-refractivity contribution in [2.75, 3.05) is 19.7 Å². The van der Waals surface area contributed by atoms with Gasteiger partial charge in [-0.3, -0.25) is 9.48 Å². The van der Waals surface area contributed by atoms with E-state index in [2.05, 4.69) is 37.1 Å². The fourth-order valence-electron chi connectivity index (χ4n) is 6.29. The summed E-state index contributed by atoms with van der Waals surface area (Å²) >= 11 is 0. The van der Waals surface area contributed by atoms with Crippen LogP contribution in [-0.2, 0) is 16.1 Å². The van der Waals surface area contributed by atoms with Crippen LogP contribution in [0.15, 0.2) is 18.2 Å². The second-order valence-corrected chi connectivity index (χ2v) is 9.68. The van der Waals surface area contributed by atoms with Crippen LogP contribution < -0.4 is 0 Å². The molecule has 5 aliphatic rings. The second kappa shape index (κ2) is 6.68. The first-order chi connectivity index (χ1) is 15.0. The number of rotatable bonds is 5. The number of piperidine rings is 1. The largest absolute Gasteiger partial charge is 0.461 e. The molecule has 1 aromatic carbocycles. The zero-order chi connectivity index (χ0) is 21.4. The predicted molar refractivity (Wildman–Crippen MR) is 115 cm³/mol. The smallest absolute Gasteiger partial charge is 0.359 e. The van der Waals surface area contributed by atoms with E-state index < -0.39 is 0 Å². The molecule has 2 unspecified atom stereocenters. The lowest BCUT2D eigenvalue weighted by molar-refractivity contribution is -0.133. The van der Waals surface area contributed by atoms with E-state index in [0.29, 0.717) is 41.9 Å². The maximum Gasteiger partial charge on any atom is 0.359 e. The summed E-state index contributed by atoms with van der Waals surface area (Å²) in [6, 6.07) is 6.54. The highest BCUT2D eigenvalue weighted by molar-refractivity contribution is 5.91. The Morgan fingerprint density at radius 2 is 1.87 bits per heavy atom. The van der Waals surface area contributed by atoms with Crippen molar-refractivity contribution in [1.29, 1.82) is 0 Å². The van der Waals surface area contributed by atoms with E-state index in [-0.39, 0.29) is 18.4 Å². The lowest BCUT2D eigenvalue weighted by Crippen LogP contribution is -2.40. The molecule has 6 heteroatoms. The third kappa shape index (κ3) is 2.73. The Bertz CT molecular complexity index is 1090. The van der Waals surface area contributed by atoms with Crippen molar-refractivity contribution < 1.29 is 14.3 Å². The van der Waals surface area contributed by atoms with E-state index in [1.54, 1.807) is 0 Å². The zero-order valence-electron chi connectivity index (χ0n) is 18.4. The maximum atomic E-state index is 13.1. The summed E-state index contributed by atoms with van der Waals surface area (Å²) in [5.41, 5.74) is 6.82. The molecule has 4 atom stereocenters. The molecule has 4 aliphatic carbocycles. The Morgan fingerprint density at radius 1 is 1.13 bits per heavy atom. The standard InChI is InChI=1S/C25H29N3O3/c1-4-31-25(30)23-22-20-18-19(20)21(18)24(22)28(26-23)12-17(29)27-10-8-15(9-11-27)16-7-5-6-13(2)14(16)3/h5-7,15,18-21H,4,8-12H2,1-3H3/t18-,19?,20-,21?/m0/s1. The van der Waals surface area contributed by atoms with Gasteiger partial charge in [-0.2, -0.15) is 5.10 Å². The molecule has 2 saturated carbocycles. The Labute approximate surface area is 182 Å². The van der Waals surface area contributed by atoms with Gasteiger partial charge in [0.2, 0.25) is 5.91 Å². The van der Waals surface area contributed by atoms with Crippen LogP contribution in [0.3, 0.4) is 0 Å². The van der Waals surface area contributed by atoms with Crippen molar-refractivity contribution in [2.24, 2.45) is 11.8 Å². The number of esters is 1. The first-order valence-corrected chi connectivity index (χ1v) is 11.6. The summed E-state index contributed by atoms with van der Waals surface area (Å²) < 4.78 is 7.05. The highest BCUT2D eigenvalue weighted by Crippen LogP contribution is 2.88. The minimum atomic E-state index is -0.341. The molecule has 1 saturated heterocycles. The van der Waals surface area contributed by atoms with Crippen molar-refractivity contribution in [3.63, 3.8) is 0 Å². The van der Waals surface area contributed by atoms with Crippen LogP contribution in [0.2, 0.25) is 0 Å². The molecular weight excluding hydrogens is 390 g/mol. The van der Waals surface area contributed by atoms with Gasteiger partial charge in [-0.05, 0) is 74.0 Å². The third-order valence-corrected chi connectivity index (χ3v) is 8.19. The molecule has 2 aromatic rings. The summed E-state index contributed by atoms with van der Waals surface area (Å²) in [4.78, 5) is 27.5. The molecule has 0 N–H and O–H groups in total. The van der Waals surface area contributed by atoms with Crippen molar-refractivity contribution >= 4 is 11.9 Å². The molecule has 7 rings (SSSR count). The number of likely N-dealkylation sites (tertiary alicyclic amines) is 1. The number of aromatic nitrogens is 2. The van der Waals surface area contributed by atoms with Crippen molar-refractivity contribution in [1.82, 2.24) is 14.7 Å². The third-order valence-electron chi connectivity index (χ3n) is 8.19. The van der Waals surface area contributed by atoms with Gasteiger partial charge in [-0.25, -0.2) is 4.79 Å². The molecule has 2 bridgehead atoms. The van der Waals surface area contributed by atoms with Gasteiger partial charge in [0.1, 0.15) is 6.54 Å². The molecule has 6 nitrogen and oxygen atoms in total. The van der Waals surface area contributed by atoms with Crippen LogP contribution >= 0.6 is 0 Å². The fourth-order valence-corrected chi connectivity index (χ4v) is 6.29. The molecule has 3 fully saturated rings. The van der Waals surface area contributed by atoms with Crippen LogP contribution in [-0.4, -0.2) is 46.3 Å². The summed E-state index contributed by atoms with van der Waals surface area (Å²) in [6.07, 6.45) is 1.99. The van der Waals surface area contributed by atoms with E-state index in [1.165, 1.54) is 16.7 Å².